The van der Waals surface area contributed by atoms with Crippen LogP contribution in [0, 0.1) is 0 Å². The quantitative estimate of drug-likeness (QED) is 0.506. The normalized spacial score (nSPS) is 21.5. The summed E-state index contributed by atoms with van der Waals surface area (Å²) in [5, 5.41) is 12.8. The van der Waals surface area contributed by atoms with E-state index in [0.29, 0.717) is 6.54 Å². The van der Waals surface area contributed by atoms with Crippen LogP contribution in [0.1, 0.15) is 0 Å². The lowest BCUT2D eigenvalue weighted by Gasteiger charge is -2.28. The third-order valence-electron chi connectivity index (χ3n) is 2.26. The predicted molar refractivity (Wildman–Crippen MR) is 58.2 cm³/mol. The molecule has 0 aliphatic carbocycles. The zero-order chi connectivity index (χ0) is 11.3. The highest BCUT2D eigenvalue weighted by molar-refractivity contribution is 7.88. The molecule has 0 aromatic carbocycles. The van der Waals surface area contributed by atoms with E-state index in [0.717, 1.165) is 32.4 Å². The number of rotatable bonds is 5. The van der Waals surface area contributed by atoms with Gasteiger partial charge in [0.2, 0.25) is 10.0 Å². The third kappa shape index (κ3) is 6.06. The molecule has 1 heterocycles. The maximum atomic E-state index is 10.8. The standard InChI is InChI=1S/C8H19N3O3S/c1-15(13,14)10-6-8(12)7-11-4-2-9-3-5-11/h8-10,12H,2-7H2,1H3. The first-order valence-corrected chi connectivity index (χ1v) is 6.92. The molecule has 6 nitrogen and oxygen atoms in total. The maximum absolute atomic E-state index is 10.8. The van der Waals surface area contributed by atoms with Crippen molar-refractivity contribution in [2.75, 3.05) is 45.5 Å². The van der Waals surface area contributed by atoms with Crippen LogP contribution in [0.25, 0.3) is 0 Å². The van der Waals surface area contributed by atoms with Crippen LogP contribution in [0.4, 0.5) is 0 Å². The first-order chi connectivity index (χ1) is 6.97. The van der Waals surface area contributed by atoms with Gasteiger partial charge in [0.25, 0.3) is 0 Å². The van der Waals surface area contributed by atoms with E-state index in [4.69, 9.17) is 0 Å². The highest BCUT2D eigenvalue weighted by Gasteiger charge is 2.15. The number of nitrogens with zero attached hydrogens (tertiary/aromatic N) is 1. The maximum Gasteiger partial charge on any atom is 0.208 e. The van der Waals surface area contributed by atoms with Gasteiger partial charge in [-0.25, -0.2) is 13.1 Å². The van der Waals surface area contributed by atoms with E-state index in [1.807, 2.05) is 0 Å². The molecule has 0 bridgehead atoms. The molecule has 3 N–H and O–H groups in total. The minimum atomic E-state index is -3.20. The molecule has 1 fully saturated rings. The molecule has 1 atom stereocenters. The lowest BCUT2D eigenvalue weighted by Crippen LogP contribution is -2.48. The molecule has 90 valence electrons. The number of aliphatic hydroxyl groups excluding tert-OH is 1. The van der Waals surface area contributed by atoms with Gasteiger partial charge >= 0.3 is 0 Å². The van der Waals surface area contributed by atoms with Crippen LogP contribution in [-0.4, -0.2) is 70.1 Å². The molecule has 1 saturated heterocycles. The van der Waals surface area contributed by atoms with Crippen molar-refractivity contribution >= 4 is 10.0 Å². The molecule has 1 rings (SSSR count). The molecule has 15 heavy (non-hydrogen) atoms. The smallest absolute Gasteiger partial charge is 0.208 e. The largest absolute Gasteiger partial charge is 0.390 e. The minimum absolute atomic E-state index is 0.0861. The third-order valence-corrected chi connectivity index (χ3v) is 2.95. The number of piperazine rings is 1. The Morgan fingerprint density at radius 1 is 1.47 bits per heavy atom. The second-order valence-corrected chi connectivity index (χ2v) is 5.66. The molecule has 1 aliphatic heterocycles. The molecule has 1 aliphatic rings. The van der Waals surface area contributed by atoms with Gasteiger partial charge in [-0.05, 0) is 0 Å². The van der Waals surface area contributed by atoms with Crippen molar-refractivity contribution in [3.8, 4) is 0 Å². The van der Waals surface area contributed by atoms with Gasteiger partial charge in [-0.1, -0.05) is 0 Å². The Hall–Kier alpha value is -0.210. The van der Waals surface area contributed by atoms with E-state index in [-0.39, 0.29) is 6.54 Å². The lowest BCUT2D eigenvalue weighted by molar-refractivity contribution is 0.108. The molecule has 0 saturated carbocycles. The molecule has 0 aromatic rings. The second kappa shape index (κ2) is 5.76. The number of nitrogens with one attached hydrogen (secondary N) is 2. The Morgan fingerprint density at radius 2 is 2.07 bits per heavy atom. The van der Waals surface area contributed by atoms with Crippen LogP contribution in [0.5, 0.6) is 0 Å². The van der Waals surface area contributed by atoms with Gasteiger partial charge in [-0.2, -0.15) is 0 Å². The van der Waals surface area contributed by atoms with E-state index in [9.17, 15) is 13.5 Å². The van der Waals surface area contributed by atoms with E-state index >= 15 is 0 Å². The van der Waals surface area contributed by atoms with Crippen molar-refractivity contribution < 1.29 is 13.5 Å². The van der Waals surface area contributed by atoms with Crippen molar-refractivity contribution in [1.82, 2.24) is 14.9 Å². The zero-order valence-electron chi connectivity index (χ0n) is 8.94. The van der Waals surface area contributed by atoms with E-state index in [2.05, 4.69) is 14.9 Å². The molecule has 0 spiro atoms. The average Bonchev–Trinajstić information content (AvgIpc) is 2.15. The number of hydrogen-bond acceptors (Lipinski definition) is 5. The predicted octanol–water partition coefficient (Wildman–Crippen LogP) is -2.20. The SMILES string of the molecule is CS(=O)(=O)NCC(O)CN1CCNCC1. The molecular formula is C8H19N3O3S. The fraction of sp³-hybridized carbons (Fsp3) is 1.00. The van der Waals surface area contributed by atoms with Crippen LogP contribution in [-0.2, 0) is 10.0 Å². The van der Waals surface area contributed by atoms with Crippen molar-refractivity contribution in [3.63, 3.8) is 0 Å². The molecular weight excluding hydrogens is 218 g/mol. The minimum Gasteiger partial charge on any atom is -0.390 e. The summed E-state index contributed by atoms with van der Waals surface area (Å²) in [6.45, 7) is 4.25. The summed E-state index contributed by atoms with van der Waals surface area (Å²) in [5.41, 5.74) is 0. The number of sulfonamides is 1. The van der Waals surface area contributed by atoms with Gasteiger partial charge in [0.15, 0.2) is 0 Å². The molecule has 0 amide bonds. The summed E-state index contributed by atoms with van der Waals surface area (Å²) in [6, 6.07) is 0. The summed E-state index contributed by atoms with van der Waals surface area (Å²) in [6.07, 6.45) is 0.447. The summed E-state index contributed by atoms with van der Waals surface area (Å²) in [7, 11) is -3.20. The summed E-state index contributed by atoms with van der Waals surface area (Å²) >= 11 is 0. The highest BCUT2D eigenvalue weighted by atomic mass is 32.2. The lowest BCUT2D eigenvalue weighted by atomic mass is 10.3. The Kier molecular flexibility index (Phi) is 4.94. The fourth-order valence-electron chi connectivity index (χ4n) is 1.50. The van der Waals surface area contributed by atoms with Crippen molar-refractivity contribution in [2.24, 2.45) is 0 Å². The van der Waals surface area contributed by atoms with Gasteiger partial charge in [0.05, 0.1) is 12.4 Å². The number of aliphatic hydroxyl groups is 1. The Morgan fingerprint density at radius 3 is 2.60 bits per heavy atom. The van der Waals surface area contributed by atoms with Crippen molar-refractivity contribution in [3.05, 3.63) is 0 Å². The second-order valence-electron chi connectivity index (χ2n) is 3.83. The fourth-order valence-corrected chi connectivity index (χ4v) is 2.00. The van der Waals surface area contributed by atoms with Gasteiger partial charge in [0.1, 0.15) is 0 Å². The molecule has 0 radical (unpaired) electrons. The van der Waals surface area contributed by atoms with Crippen LogP contribution in [0.2, 0.25) is 0 Å². The number of hydrogen-bond donors (Lipinski definition) is 3. The molecule has 1 unspecified atom stereocenters. The van der Waals surface area contributed by atoms with E-state index in [1.165, 1.54) is 0 Å². The highest BCUT2D eigenvalue weighted by Crippen LogP contribution is 1.95. The van der Waals surface area contributed by atoms with E-state index < -0.39 is 16.1 Å². The monoisotopic (exact) mass is 237 g/mol. The van der Waals surface area contributed by atoms with E-state index in [1.54, 1.807) is 0 Å². The molecule has 0 aromatic heterocycles. The zero-order valence-corrected chi connectivity index (χ0v) is 9.76. The van der Waals surface area contributed by atoms with Gasteiger partial charge in [-0.15, -0.1) is 0 Å². The van der Waals surface area contributed by atoms with Crippen LogP contribution in [0.15, 0.2) is 0 Å². The van der Waals surface area contributed by atoms with Gasteiger partial charge in [0, 0.05) is 39.3 Å². The van der Waals surface area contributed by atoms with Gasteiger partial charge in [-0.3, -0.25) is 4.90 Å². The van der Waals surface area contributed by atoms with Crippen LogP contribution < -0.4 is 10.0 Å². The first kappa shape index (κ1) is 12.9. The Balaban J connectivity index is 2.20. The summed E-state index contributed by atoms with van der Waals surface area (Å²) < 4.78 is 23.9. The first-order valence-electron chi connectivity index (χ1n) is 5.03. The van der Waals surface area contributed by atoms with Crippen LogP contribution >= 0.6 is 0 Å². The van der Waals surface area contributed by atoms with Gasteiger partial charge < -0.3 is 10.4 Å². The average molecular weight is 237 g/mol. The van der Waals surface area contributed by atoms with Crippen LogP contribution in [0.3, 0.4) is 0 Å². The number of β-amino-alcohol motifs (C(OH)–C–C–N with tert-alkyl or cyclic N) is 1. The topological polar surface area (TPSA) is 81.7 Å². The Labute approximate surface area is 90.7 Å². The Bertz CT molecular complexity index is 275. The van der Waals surface area contributed by atoms with Crippen molar-refractivity contribution in [1.29, 1.82) is 0 Å². The van der Waals surface area contributed by atoms with Crippen molar-refractivity contribution in [2.45, 2.75) is 6.10 Å². The summed E-state index contributed by atoms with van der Waals surface area (Å²) in [5.74, 6) is 0. The molecule has 7 heteroatoms. The summed E-state index contributed by atoms with van der Waals surface area (Å²) in [4.78, 5) is 2.12.